The summed E-state index contributed by atoms with van der Waals surface area (Å²) in [5.74, 6) is 3.27. The number of amides is 1. The number of benzene rings is 4. The molecule has 7 rings (SSSR count). The Labute approximate surface area is 375 Å². The predicted molar refractivity (Wildman–Crippen MR) is 244 cm³/mol. The van der Waals surface area contributed by atoms with Crippen LogP contribution in [0.4, 0.5) is 5.69 Å². The Morgan fingerprint density at radius 3 is 2.39 bits per heavy atom. The van der Waals surface area contributed by atoms with Crippen molar-refractivity contribution in [1.82, 2.24) is 34.3 Å². The molecule has 16 nitrogen and oxygen atoms in total. The standard InChI is InChI=1S/C47H54N8O8S/c1-6-7-8-12-16-41(62-39-23-17-32(2)29-33(39)3)46(56)50-35-18-24-40(61-38-21-19-36(58-5)20-22-38)42(30-35)63-64(57)49-31-34(4)44-51-45-43(54-26-13-25-48-54)47(53-55(45)52-44)60-28-27-59-37-14-10-9-11-15-37/h9-11,13-15,17-26,29-30,34,41,49H,6-8,12,16,27-28,31H2,1-5H3,(H,50,56)(H,51,52). The molecule has 4 aromatic carbocycles. The lowest BCUT2D eigenvalue weighted by Crippen LogP contribution is -2.33. The molecular formula is C47H54N8O8S. The number of carbonyl (C=O) groups is 1. The van der Waals surface area contributed by atoms with Gasteiger partial charge in [0.2, 0.25) is 5.65 Å². The van der Waals surface area contributed by atoms with Crippen molar-refractivity contribution in [3.05, 3.63) is 126 Å². The predicted octanol–water partition coefficient (Wildman–Crippen LogP) is 8.83. The molecule has 0 aliphatic carbocycles. The maximum absolute atomic E-state index is 13.9. The van der Waals surface area contributed by atoms with Crippen molar-refractivity contribution in [2.45, 2.75) is 71.8 Å². The van der Waals surface area contributed by atoms with E-state index in [2.05, 4.69) is 32.3 Å². The van der Waals surface area contributed by atoms with Gasteiger partial charge in [-0.1, -0.05) is 69.0 Å². The molecule has 3 atom stereocenters. The lowest BCUT2D eigenvalue weighted by molar-refractivity contribution is -0.123. The average Bonchev–Trinajstić information content (AvgIpc) is 4.05. The topological polar surface area (TPSA) is 177 Å². The number of H-pyrrole nitrogens is 1. The van der Waals surface area contributed by atoms with Gasteiger partial charge in [0.15, 0.2) is 23.3 Å². The summed E-state index contributed by atoms with van der Waals surface area (Å²) in [7, 11) is 1.58. The summed E-state index contributed by atoms with van der Waals surface area (Å²) in [4.78, 5) is 18.7. The van der Waals surface area contributed by atoms with Gasteiger partial charge in [0.25, 0.3) is 23.1 Å². The molecule has 0 fully saturated rings. The molecule has 0 saturated heterocycles. The number of nitrogens with one attached hydrogen (secondary N) is 3. The summed E-state index contributed by atoms with van der Waals surface area (Å²) in [5.41, 5.74) is 3.51. The number of hydrogen-bond donors (Lipinski definition) is 3. The van der Waals surface area contributed by atoms with E-state index in [-0.39, 0.29) is 36.5 Å². The second-order valence-electron chi connectivity index (χ2n) is 15.2. The molecule has 3 N–H and O–H groups in total. The van der Waals surface area contributed by atoms with Crippen LogP contribution < -0.4 is 37.9 Å². The number of aryl methyl sites for hydroxylation is 2. The van der Waals surface area contributed by atoms with Gasteiger partial charge in [0.1, 0.15) is 42.0 Å². The summed E-state index contributed by atoms with van der Waals surface area (Å²) in [6.07, 6.45) is 7.21. The molecule has 0 spiro atoms. The first-order valence-electron chi connectivity index (χ1n) is 21.3. The largest absolute Gasteiger partial charge is 0.497 e. The zero-order valence-electron chi connectivity index (χ0n) is 36.6. The maximum Gasteiger partial charge on any atom is 0.288 e. The van der Waals surface area contributed by atoms with E-state index >= 15 is 0 Å². The van der Waals surface area contributed by atoms with E-state index in [0.29, 0.717) is 59.0 Å². The van der Waals surface area contributed by atoms with Crippen LogP contribution in [0.25, 0.3) is 11.3 Å². The van der Waals surface area contributed by atoms with E-state index in [0.717, 1.165) is 42.6 Å². The van der Waals surface area contributed by atoms with Gasteiger partial charge < -0.3 is 33.2 Å². The molecule has 0 radical (unpaired) electrons. The van der Waals surface area contributed by atoms with E-state index < -0.39 is 17.4 Å². The number of rotatable bonds is 24. The fraction of sp³-hybridized carbons (Fsp3) is 0.319. The van der Waals surface area contributed by atoms with E-state index in [1.807, 2.05) is 69.3 Å². The summed E-state index contributed by atoms with van der Waals surface area (Å²) in [6.45, 7) is 8.80. The third-order valence-corrected chi connectivity index (χ3v) is 10.9. The number of carbonyl (C=O) groups excluding carboxylic acids is 1. The van der Waals surface area contributed by atoms with Gasteiger partial charge in [-0.3, -0.25) is 9.89 Å². The molecular weight excluding hydrogens is 837 g/mol. The zero-order valence-corrected chi connectivity index (χ0v) is 37.4. The third kappa shape index (κ3) is 12.0. The van der Waals surface area contributed by atoms with Crippen LogP contribution in [0.15, 0.2) is 109 Å². The smallest absolute Gasteiger partial charge is 0.288 e. The highest BCUT2D eigenvalue weighted by atomic mass is 32.2. The van der Waals surface area contributed by atoms with Crippen LogP contribution in [0, 0.1) is 13.8 Å². The first-order chi connectivity index (χ1) is 31.2. The Kier molecular flexibility index (Phi) is 15.5. The molecule has 64 heavy (non-hydrogen) atoms. The number of para-hydroxylation sites is 1. The lowest BCUT2D eigenvalue weighted by Gasteiger charge is -2.21. The highest BCUT2D eigenvalue weighted by Crippen LogP contribution is 2.36. The van der Waals surface area contributed by atoms with E-state index in [1.54, 1.807) is 72.7 Å². The van der Waals surface area contributed by atoms with Crippen LogP contribution in [0.2, 0.25) is 0 Å². The monoisotopic (exact) mass is 890 g/mol. The molecule has 3 aromatic heterocycles. The average molecular weight is 891 g/mol. The normalized spacial score (nSPS) is 12.6. The van der Waals surface area contributed by atoms with E-state index in [4.69, 9.17) is 32.9 Å². The maximum atomic E-state index is 13.9. The van der Waals surface area contributed by atoms with Gasteiger partial charge in [-0.2, -0.15) is 9.31 Å². The fourth-order valence-electron chi connectivity index (χ4n) is 6.76. The van der Waals surface area contributed by atoms with Gasteiger partial charge in [-0.15, -0.1) is 9.73 Å². The number of unbranched alkanes of at least 4 members (excludes halogenated alkanes) is 3. The van der Waals surface area contributed by atoms with Crippen molar-refractivity contribution >= 4 is 28.5 Å². The summed E-state index contributed by atoms with van der Waals surface area (Å²) < 4.78 is 55.3. The second kappa shape index (κ2) is 22.0. The van der Waals surface area contributed by atoms with Crippen molar-refractivity contribution in [3.63, 3.8) is 0 Å². The molecule has 17 heteroatoms. The number of anilines is 1. The Bertz CT molecular complexity index is 2600. The van der Waals surface area contributed by atoms with Crippen molar-refractivity contribution in [2.75, 3.05) is 32.2 Å². The molecule has 0 aliphatic heterocycles. The molecule has 0 saturated carbocycles. The Hall–Kier alpha value is -6.85. The van der Waals surface area contributed by atoms with Crippen molar-refractivity contribution in [3.8, 4) is 46.1 Å². The highest BCUT2D eigenvalue weighted by molar-refractivity contribution is 7.78. The Balaban J connectivity index is 1.04. The zero-order chi connectivity index (χ0) is 44.8. The fourth-order valence-corrected chi connectivity index (χ4v) is 7.49. The second-order valence-corrected chi connectivity index (χ2v) is 16.1. The van der Waals surface area contributed by atoms with Crippen LogP contribution in [0.5, 0.6) is 40.4 Å². The minimum Gasteiger partial charge on any atom is -0.497 e. The number of ether oxygens (including phenoxy) is 5. The minimum atomic E-state index is -2.06. The SMILES string of the molecule is CCCCCCC(Oc1ccc(C)cc1C)C(=O)Nc1ccc(Oc2ccc(OC)cc2)c(OS(=O)NCC(C)c2nc3c(-n4cccn4)c(OCCOc4ccccc4)nn3[nH]2)c1. The number of methoxy groups -OCH3 is 1. The molecule has 1 amide bonds. The molecule has 0 aliphatic rings. The number of aromatic nitrogens is 6. The van der Waals surface area contributed by atoms with Crippen LogP contribution in [0.3, 0.4) is 0 Å². The van der Waals surface area contributed by atoms with Crippen LogP contribution in [-0.4, -0.2) is 72.7 Å². The first-order valence-corrected chi connectivity index (χ1v) is 22.4. The summed E-state index contributed by atoms with van der Waals surface area (Å²) >= 11 is -2.06. The Morgan fingerprint density at radius 2 is 1.64 bits per heavy atom. The Morgan fingerprint density at radius 1 is 0.859 bits per heavy atom. The first kappa shape index (κ1) is 45.2. The minimum absolute atomic E-state index is 0.129. The van der Waals surface area contributed by atoms with Crippen LogP contribution >= 0.6 is 0 Å². The molecule has 3 unspecified atom stereocenters. The van der Waals surface area contributed by atoms with Gasteiger partial charge in [0, 0.05) is 36.6 Å². The van der Waals surface area contributed by atoms with Gasteiger partial charge in [0.05, 0.1) is 7.11 Å². The summed E-state index contributed by atoms with van der Waals surface area (Å²) in [5, 5.41) is 15.2. The van der Waals surface area contributed by atoms with Crippen molar-refractivity contribution in [1.29, 1.82) is 0 Å². The number of fused-ring (bicyclic) bond motifs is 1. The summed E-state index contributed by atoms with van der Waals surface area (Å²) in [6, 6.07) is 29.2. The van der Waals surface area contributed by atoms with E-state index in [1.165, 1.54) is 4.63 Å². The van der Waals surface area contributed by atoms with Gasteiger partial charge in [-0.25, -0.2) is 14.4 Å². The van der Waals surface area contributed by atoms with Crippen molar-refractivity contribution < 1.29 is 36.9 Å². The highest BCUT2D eigenvalue weighted by Gasteiger charge is 2.25. The van der Waals surface area contributed by atoms with Crippen LogP contribution in [0.1, 0.15) is 68.8 Å². The lowest BCUT2D eigenvalue weighted by atomic mass is 10.1. The van der Waals surface area contributed by atoms with Gasteiger partial charge in [-0.05, 0) is 92.9 Å². The number of nitrogens with zero attached hydrogens (tertiary/aromatic N) is 5. The molecule has 7 aromatic rings. The van der Waals surface area contributed by atoms with Crippen molar-refractivity contribution in [2.24, 2.45) is 0 Å². The third-order valence-electron chi connectivity index (χ3n) is 10.2. The molecule has 336 valence electrons. The van der Waals surface area contributed by atoms with E-state index in [9.17, 15) is 9.00 Å². The molecule has 0 bridgehead atoms. The van der Waals surface area contributed by atoms with Crippen LogP contribution in [-0.2, 0) is 16.1 Å². The van der Waals surface area contributed by atoms with Gasteiger partial charge >= 0.3 is 0 Å². The molecule has 3 heterocycles. The number of hydrogen-bond acceptors (Lipinski definition) is 11. The quantitative estimate of drug-likeness (QED) is 0.0494. The number of aromatic amines is 1.